The van der Waals surface area contributed by atoms with Crippen LogP contribution in [0.3, 0.4) is 0 Å². The van der Waals surface area contributed by atoms with E-state index in [0.29, 0.717) is 6.17 Å². The molecule has 0 heterocycles. The molecule has 0 N–H and O–H groups in total. The van der Waals surface area contributed by atoms with Gasteiger partial charge in [0.2, 0.25) is 0 Å². The normalized spacial score (nSPS) is 13.4. The molecule has 0 aliphatic carbocycles. The summed E-state index contributed by atoms with van der Waals surface area (Å²) in [6.45, 7) is 9.60. The third kappa shape index (κ3) is 6.06. The second kappa shape index (κ2) is 9.63. The highest BCUT2D eigenvalue weighted by Gasteiger charge is 2.37. The van der Waals surface area contributed by atoms with Crippen LogP contribution in [0.4, 0.5) is 0 Å². The Morgan fingerprint density at radius 2 is 1.56 bits per heavy atom. The molecule has 0 spiro atoms. The molecular formula is C12H28N2O3Si. The van der Waals surface area contributed by atoms with Crippen molar-refractivity contribution in [1.29, 1.82) is 0 Å². The number of hydrogen-bond acceptors (Lipinski definition) is 5. The maximum atomic E-state index is 5.33. The minimum atomic E-state index is -2.55. The molecule has 0 rings (SSSR count). The lowest BCUT2D eigenvalue weighted by molar-refractivity contribution is 0.125. The third-order valence-corrected chi connectivity index (χ3v) is 5.57. The number of nitrogens with zero attached hydrogens (tertiary/aromatic N) is 2. The van der Waals surface area contributed by atoms with Gasteiger partial charge in [0.15, 0.2) is 0 Å². The Labute approximate surface area is 113 Å². The van der Waals surface area contributed by atoms with Crippen molar-refractivity contribution in [2.75, 3.05) is 47.1 Å². The summed E-state index contributed by atoms with van der Waals surface area (Å²) in [5, 5.41) is 0. The van der Waals surface area contributed by atoms with Gasteiger partial charge in [0.25, 0.3) is 0 Å². The molecule has 0 radical (unpaired) electrons. The number of rotatable bonds is 10. The van der Waals surface area contributed by atoms with Gasteiger partial charge in [-0.25, -0.2) is 0 Å². The van der Waals surface area contributed by atoms with E-state index < -0.39 is 8.80 Å². The summed E-state index contributed by atoms with van der Waals surface area (Å²) >= 11 is 0. The molecule has 0 bridgehead atoms. The molecule has 0 saturated heterocycles. The van der Waals surface area contributed by atoms with Crippen molar-refractivity contribution in [3.05, 3.63) is 0 Å². The van der Waals surface area contributed by atoms with E-state index in [2.05, 4.69) is 23.7 Å². The lowest BCUT2D eigenvalue weighted by Crippen LogP contribution is -2.46. The minimum Gasteiger partial charge on any atom is -0.376 e. The maximum Gasteiger partial charge on any atom is 0.522 e. The van der Waals surface area contributed by atoms with Crippen LogP contribution >= 0.6 is 0 Å². The van der Waals surface area contributed by atoms with Crippen LogP contribution < -0.4 is 0 Å². The van der Waals surface area contributed by atoms with Gasteiger partial charge < -0.3 is 18.2 Å². The second-order valence-electron chi connectivity index (χ2n) is 4.12. The predicted octanol–water partition coefficient (Wildman–Crippen LogP) is 1.60. The van der Waals surface area contributed by atoms with Crippen molar-refractivity contribution in [2.45, 2.75) is 27.2 Å². The Morgan fingerprint density at radius 1 is 1.06 bits per heavy atom. The molecular weight excluding hydrogens is 248 g/mol. The topological polar surface area (TPSA) is 43.3 Å². The van der Waals surface area contributed by atoms with Gasteiger partial charge in [-0.15, -0.1) is 0 Å². The predicted molar refractivity (Wildman–Crippen MR) is 77.2 cm³/mol. The zero-order valence-electron chi connectivity index (χ0n) is 12.7. The van der Waals surface area contributed by atoms with Gasteiger partial charge in [-0.05, 0) is 26.4 Å². The van der Waals surface area contributed by atoms with Gasteiger partial charge in [0.05, 0.1) is 0 Å². The van der Waals surface area contributed by atoms with Gasteiger partial charge in [-0.2, -0.15) is 0 Å². The summed E-state index contributed by atoms with van der Waals surface area (Å²) < 4.78 is 16.0. The van der Waals surface area contributed by atoms with Gasteiger partial charge in [-0.1, -0.05) is 13.8 Å². The lowest BCUT2D eigenvalue weighted by atomic mass is 10.3. The van der Waals surface area contributed by atoms with E-state index in [1.165, 1.54) is 0 Å². The summed E-state index contributed by atoms with van der Waals surface area (Å²) in [4.78, 5) is 6.91. The molecule has 0 amide bonds. The summed E-state index contributed by atoms with van der Waals surface area (Å²) in [5.74, 6) is 0. The van der Waals surface area contributed by atoms with Gasteiger partial charge in [-0.3, -0.25) is 4.99 Å². The van der Waals surface area contributed by atoms with E-state index in [4.69, 9.17) is 13.3 Å². The van der Waals surface area contributed by atoms with E-state index in [1.54, 1.807) is 21.3 Å². The summed E-state index contributed by atoms with van der Waals surface area (Å²) in [6, 6.07) is 0. The van der Waals surface area contributed by atoms with E-state index >= 15 is 0 Å². The maximum absolute atomic E-state index is 5.33. The van der Waals surface area contributed by atoms with Crippen molar-refractivity contribution >= 4 is 14.5 Å². The van der Waals surface area contributed by atoms with E-state index in [-0.39, 0.29) is 0 Å². The zero-order chi connectivity index (χ0) is 14.0. The first-order chi connectivity index (χ1) is 8.57. The molecule has 0 aromatic heterocycles. The fraction of sp³-hybridized carbons (Fsp3) is 0.917. The van der Waals surface area contributed by atoms with E-state index in [0.717, 1.165) is 31.8 Å². The number of hydrogen-bond donors (Lipinski definition) is 0. The van der Waals surface area contributed by atoms with Crippen LogP contribution in [-0.2, 0) is 13.3 Å². The molecule has 0 aliphatic rings. The average molecular weight is 276 g/mol. The SMILES string of the molecule is CCN(CC)CCC(C)=NC[Si](OC)(OC)OC. The highest BCUT2D eigenvalue weighted by molar-refractivity contribution is 6.61. The fourth-order valence-electron chi connectivity index (χ4n) is 1.61. The van der Waals surface area contributed by atoms with Crippen LogP contribution in [0, 0.1) is 0 Å². The quantitative estimate of drug-likeness (QED) is 0.449. The fourth-order valence-corrected chi connectivity index (χ4v) is 2.97. The molecule has 0 fully saturated rings. The van der Waals surface area contributed by atoms with Gasteiger partial charge >= 0.3 is 8.80 Å². The van der Waals surface area contributed by atoms with Crippen LogP contribution in [0.25, 0.3) is 0 Å². The average Bonchev–Trinajstić information content (AvgIpc) is 2.42. The zero-order valence-corrected chi connectivity index (χ0v) is 13.7. The molecule has 0 atom stereocenters. The molecule has 6 heteroatoms. The molecule has 108 valence electrons. The highest BCUT2D eigenvalue weighted by atomic mass is 28.4. The second-order valence-corrected chi connectivity index (χ2v) is 7.03. The van der Waals surface area contributed by atoms with E-state index in [9.17, 15) is 0 Å². The molecule has 0 saturated carbocycles. The summed E-state index contributed by atoms with van der Waals surface area (Å²) in [6.07, 6.45) is 1.46. The molecule has 5 nitrogen and oxygen atoms in total. The molecule has 18 heavy (non-hydrogen) atoms. The van der Waals surface area contributed by atoms with Crippen LogP contribution in [0.15, 0.2) is 4.99 Å². The highest BCUT2D eigenvalue weighted by Crippen LogP contribution is 2.07. The molecule has 0 unspecified atom stereocenters. The van der Waals surface area contributed by atoms with Crippen LogP contribution in [0.5, 0.6) is 0 Å². The van der Waals surface area contributed by atoms with Crippen LogP contribution in [0.1, 0.15) is 27.2 Å². The smallest absolute Gasteiger partial charge is 0.376 e. The summed E-state index contributed by atoms with van der Waals surface area (Å²) in [7, 11) is 2.28. The largest absolute Gasteiger partial charge is 0.522 e. The summed E-state index contributed by atoms with van der Waals surface area (Å²) in [5.41, 5.74) is 1.12. The van der Waals surface area contributed by atoms with Crippen molar-refractivity contribution in [2.24, 2.45) is 4.99 Å². The standard InChI is InChI=1S/C12H28N2O3Si/c1-7-14(8-2)10-9-12(3)13-11-18(15-4,16-5)17-6/h7-11H2,1-6H3. The first kappa shape index (κ1) is 17.7. The Morgan fingerprint density at radius 3 is 1.94 bits per heavy atom. The first-order valence-electron chi connectivity index (χ1n) is 6.45. The van der Waals surface area contributed by atoms with Gasteiger partial charge in [0, 0.05) is 33.6 Å². The Bertz CT molecular complexity index is 233. The lowest BCUT2D eigenvalue weighted by Gasteiger charge is -2.23. The first-order valence-corrected chi connectivity index (χ1v) is 8.38. The molecule has 0 aromatic rings. The van der Waals surface area contributed by atoms with Crippen LogP contribution in [0.2, 0.25) is 0 Å². The monoisotopic (exact) mass is 276 g/mol. The Kier molecular flexibility index (Phi) is 9.48. The molecule has 0 aliphatic heterocycles. The Balaban J connectivity index is 4.24. The third-order valence-electron chi connectivity index (χ3n) is 3.16. The molecule has 0 aromatic carbocycles. The van der Waals surface area contributed by atoms with Crippen molar-refractivity contribution in [3.8, 4) is 0 Å². The van der Waals surface area contributed by atoms with Crippen molar-refractivity contribution in [3.63, 3.8) is 0 Å². The minimum absolute atomic E-state index is 0.487. The number of aliphatic imine (C=N–C) groups is 1. The van der Waals surface area contributed by atoms with Crippen molar-refractivity contribution < 1.29 is 13.3 Å². The van der Waals surface area contributed by atoms with Gasteiger partial charge in [0.1, 0.15) is 6.17 Å². The Hall–Kier alpha value is -0.273. The van der Waals surface area contributed by atoms with E-state index in [1.807, 2.05) is 6.92 Å². The van der Waals surface area contributed by atoms with Crippen molar-refractivity contribution in [1.82, 2.24) is 4.90 Å². The van der Waals surface area contributed by atoms with Crippen LogP contribution in [-0.4, -0.2) is 66.5 Å².